The largest absolute Gasteiger partial charge is 0.324 e. The molecule has 0 bridgehead atoms. The van der Waals surface area contributed by atoms with Gasteiger partial charge in [-0.1, -0.05) is 12.1 Å². The maximum atomic E-state index is 5.66. The molecule has 1 aromatic heterocycles. The van der Waals surface area contributed by atoms with E-state index < -0.39 is 0 Å². The van der Waals surface area contributed by atoms with E-state index in [0.717, 1.165) is 12.0 Å². The summed E-state index contributed by atoms with van der Waals surface area (Å²) in [6.45, 7) is 3.61. The molecule has 11 heavy (non-hydrogen) atoms. The first-order chi connectivity index (χ1) is 5.33. The average Bonchev–Trinajstić information content (AvgIpc) is 2.06. The van der Waals surface area contributed by atoms with E-state index in [1.807, 2.05) is 18.3 Å². The molecule has 58 valence electrons. The van der Waals surface area contributed by atoms with Gasteiger partial charge in [0.25, 0.3) is 0 Å². The van der Waals surface area contributed by atoms with Crippen LogP contribution >= 0.6 is 0 Å². The van der Waals surface area contributed by atoms with E-state index in [1.165, 1.54) is 0 Å². The predicted molar refractivity (Wildman–Crippen MR) is 46.1 cm³/mol. The zero-order chi connectivity index (χ0) is 8.10. The van der Waals surface area contributed by atoms with Crippen LogP contribution in [0.15, 0.2) is 37.2 Å². The summed E-state index contributed by atoms with van der Waals surface area (Å²) < 4.78 is 0. The second-order valence-corrected chi connectivity index (χ2v) is 2.46. The highest BCUT2D eigenvalue weighted by molar-refractivity contribution is 5.11. The summed E-state index contributed by atoms with van der Waals surface area (Å²) in [6.07, 6.45) is 6.14. The third-order valence-corrected chi connectivity index (χ3v) is 1.50. The monoisotopic (exact) mass is 148 g/mol. The molecule has 0 radical (unpaired) electrons. The van der Waals surface area contributed by atoms with Crippen molar-refractivity contribution >= 4 is 0 Å². The van der Waals surface area contributed by atoms with E-state index in [9.17, 15) is 0 Å². The molecule has 0 aliphatic rings. The number of nitrogens with two attached hydrogens (primary N) is 1. The third kappa shape index (κ3) is 2.51. The van der Waals surface area contributed by atoms with Crippen LogP contribution in [0, 0.1) is 0 Å². The Kier molecular flexibility index (Phi) is 2.81. The van der Waals surface area contributed by atoms with E-state index in [1.54, 1.807) is 12.3 Å². The molecule has 0 spiro atoms. The van der Waals surface area contributed by atoms with Crippen LogP contribution in [0.4, 0.5) is 0 Å². The highest BCUT2D eigenvalue weighted by atomic mass is 14.6. The fourth-order valence-electron chi connectivity index (χ4n) is 0.874. The van der Waals surface area contributed by atoms with Crippen LogP contribution < -0.4 is 5.73 Å². The van der Waals surface area contributed by atoms with Crippen molar-refractivity contribution in [1.29, 1.82) is 0 Å². The van der Waals surface area contributed by atoms with Crippen LogP contribution in [0.5, 0.6) is 0 Å². The number of aromatic nitrogens is 1. The minimum absolute atomic E-state index is 0.0409. The molecule has 2 nitrogen and oxygen atoms in total. The lowest BCUT2D eigenvalue weighted by Gasteiger charge is -2.03. The highest BCUT2D eigenvalue weighted by Gasteiger charge is 1.97. The van der Waals surface area contributed by atoms with Gasteiger partial charge in [0.1, 0.15) is 0 Å². The van der Waals surface area contributed by atoms with E-state index in [4.69, 9.17) is 5.73 Å². The van der Waals surface area contributed by atoms with E-state index in [2.05, 4.69) is 11.6 Å². The van der Waals surface area contributed by atoms with Gasteiger partial charge in [-0.2, -0.15) is 0 Å². The van der Waals surface area contributed by atoms with Gasteiger partial charge in [-0.3, -0.25) is 4.98 Å². The standard InChI is InChI=1S/C9H12N2/c1-2-9(10)6-8-4-3-5-11-7-8/h2-5,7,9H,1,6,10H2/t9-/m1/s1. The summed E-state index contributed by atoms with van der Waals surface area (Å²) in [5, 5.41) is 0. The summed E-state index contributed by atoms with van der Waals surface area (Å²) in [5.41, 5.74) is 6.81. The molecule has 1 atom stereocenters. The van der Waals surface area contributed by atoms with Gasteiger partial charge in [-0.15, -0.1) is 6.58 Å². The molecular weight excluding hydrogens is 136 g/mol. The molecule has 0 aliphatic carbocycles. The first-order valence-electron chi connectivity index (χ1n) is 3.60. The number of hydrogen-bond acceptors (Lipinski definition) is 2. The van der Waals surface area contributed by atoms with Crippen molar-refractivity contribution < 1.29 is 0 Å². The zero-order valence-corrected chi connectivity index (χ0v) is 6.40. The SMILES string of the molecule is C=C[C@@H](N)Cc1cccnc1. The summed E-state index contributed by atoms with van der Waals surface area (Å²) in [6, 6.07) is 3.96. The number of rotatable bonds is 3. The van der Waals surface area contributed by atoms with Gasteiger partial charge in [0.2, 0.25) is 0 Å². The minimum atomic E-state index is 0.0409. The van der Waals surface area contributed by atoms with Crippen molar-refractivity contribution in [3.63, 3.8) is 0 Å². The van der Waals surface area contributed by atoms with Gasteiger partial charge in [0, 0.05) is 18.4 Å². The Labute approximate surface area is 66.8 Å². The second kappa shape index (κ2) is 3.88. The smallest absolute Gasteiger partial charge is 0.0300 e. The zero-order valence-electron chi connectivity index (χ0n) is 6.40. The Morgan fingerprint density at radius 2 is 2.55 bits per heavy atom. The molecule has 2 heteroatoms. The van der Waals surface area contributed by atoms with Crippen LogP contribution in [0.3, 0.4) is 0 Å². The second-order valence-electron chi connectivity index (χ2n) is 2.46. The number of hydrogen-bond donors (Lipinski definition) is 1. The number of pyridine rings is 1. The Balaban J connectivity index is 2.57. The highest BCUT2D eigenvalue weighted by Crippen LogP contribution is 1.99. The molecule has 0 saturated carbocycles. The van der Waals surface area contributed by atoms with Crippen molar-refractivity contribution in [2.45, 2.75) is 12.5 Å². The molecule has 0 saturated heterocycles. The first-order valence-corrected chi connectivity index (χ1v) is 3.60. The summed E-state index contributed by atoms with van der Waals surface area (Å²) in [5.74, 6) is 0. The molecule has 1 heterocycles. The van der Waals surface area contributed by atoms with Gasteiger partial charge < -0.3 is 5.73 Å². The van der Waals surface area contributed by atoms with Crippen LogP contribution in [0.2, 0.25) is 0 Å². The average molecular weight is 148 g/mol. The molecule has 0 aliphatic heterocycles. The molecule has 1 rings (SSSR count). The quantitative estimate of drug-likeness (QED) is 0.653. The van der Waals surface area contributed by atoms with Crippen molar-refractivity contribution in [1.82, 2.24) is 4.98 Å². The summed E-state index contributed by atoms with van der Waals surface area (Å²) >= 11 is 0. The fraction of sp³-hybridized carbons (Fsp3) is 0.222. The van der Waals surface area contributed by atoms with Crippen LogP contribution in [0.25, 0.3) is 0 Å². The van der Waals surface area contributed by atoms with Gasteiger partial charge in [-0.05, 0) is 18.1 Å². The van der Waals surface area contributed by atoms with Crippen LogP contribution in [-0.2, 0) is 6.42 Å². The lowest BCUT2D eigenvalue weighted by atomic mass is 10.1. The van der Waals surface area contributed by atoms with E-state index in [-0.39, 0.29) is 6.04 Å². The van der Waals surface area contributed by atoms with Gasteiger partial charge in [0.15, 0.2) is 0 Å². The van der Waals surface area contributed by atoms with E-state index >= 15 is 0 Å². The Morgan fingerprint density at radius 1 is 1.73 bits per heavy atom. The van der Waals surface area contributed by atoms with Crippen molar-refractivity contribution in [3.8, 4) is 0 Å². The van der Waals surface area contributed by atoms with Gasteiger partial charge >= 0.3 is 0 Å². The van der Waals surface area contributed by atoms with Crippen molar-refractivity contribution in [2.24, 2.45) is 5.73 Å². The minimum Gasteiger partial charge on any atom is -0.324 e. The summed E-state index contributed by atoms with van der Waals surface area (Å²) in [7, 11) is 0. The van der Waals surface area contributed by atoms with Gasteiger partial charge in [-0.25, -0.2) is 0 Å². The predicted octanol–water partition coefficient (Wildman–Crippen LogP) is 1.14. The normalized spacial score (nSPS) is 12.5. The fourth-order valence-corrected chi connectivity index (χ4v) is 0.874. The first kappa shape index (κ1) is 7.95. The van der Waals surface area contributed by atoms with E-state index in [0.29, 0.717) is 0 Å². The van der Waals surface area contributed by atoms with Crippen molar-refractivity contribution in [3.05, 3.63) is 42.7 Å². The maximum absolute atomic E-state index is 5.66. The lowest BCUT2D eigenvalue weighted by molar-refractivity contribution is 0.808. The van der Waals surface area contributed by atoms with Crippen molar-refractivity contribution in [2.75, 3.05) is 0 Å². The molecule has 1 aromatic rings. The van der Waals surface area contributed by atoms with Crippen LogP contribution in [0.1, 0.15) is 5.56 Å². The molecular formula is C9H12N2. The van der Waals surface area contributed by atoms with Gasteiger partial charge in [0.05, 0.1) is 0 Å². The van der Waals surface area contributed by atoms with Crippen LogP contribution in [-0.4, -0.2) is 11.0 Å². The lowest BCUT2D eigenvalue weighted by Crippen LogP contribution is -2.19. The molecule has 2 N–H and O–H groups in total. The molecule has 0 aromatic carbocycles. The Bertz CT molecular complexity index is 218. The maximum Gasteiger partial charge on any atom is 0.0300 e. The Hall–Kier alpha value is -1.15. The Morgan fingerprint density at radius 3 is 3.09 bits per heavy atom. The summed E-state index contributed by atoms with van der Waals surface area (Å²) in [4.78, 5) is 3.98. The molecule has 0 fully saturated rings. The number of nitrogens with zero attached hydrogens (tertiary/aromatic N) is 1. The third-order valence-electron chi connectivity index (χ3n) is 1.50. The molecule has 0 amide bonds. The molecule has 0 unspecified atom stereocenters. The topological polar surface area (TPSA) is 38.9 Å².